The highest BCUT2D eigenvalue weighted by Crippen LogP contribution is 2.03. The van der Waals surface area contributed by atoms with Crippen molar-refractivity contribution in [3.8, 4) is 0 Å². The summed E-state index contributed by atoms with van der Waals surface area (Å²) >= 11 is 0. The molecule has 0 aromatic carbocycles. The van der Waals surface area contributed by atoms with Crippen LogP contribution in [0.25, 0.3) is 0 Å². The fourth-order valence-electron chi connectivity index (χ4n) is 1.28. The van der Waals surface area contributed by atoms with Crippen LogP contribution >= 0.6 is 0 Å². The fraction of sp³-hybridized carbons (Fsp3) is 0.556. The second kappa shape index (κ2) is 5.22. The Bertz CT molecular complexity index is 438. The van der Waals surface area contributed by atoms with Crippen molar-refractivity contribution in [1.82, 2.24) is 9.97 Å². The number of anilines is 1. The van der Waals surface area contributed by atoms with Gasteiger partial charge in [-0.15, -0.1) is 0 Å². The molecule has 0 saturated heterocycles. The topological polar surface area (TPSA) is 98.0 Å². The quantitative estimate of drug-likeness (QED) is 0.720. The molecule has 0 radical (unpaired) electrons. The zero-order chi connectivity index (χ0) is 12.2. The number of primary sulfonamides is 1. The maximum atomic E-state index is 10.7. The van der Waals surface area contributed by atoms with Crippen LogP contribution in [0.1, 0.15) is 17.8 Å². The predicted octanol–water partition coefficient (Wildman–Crippen LogP) is 0.184. The maximum Gasteiger partial charge on any atom is 0.223 e. The lowest BCUT2D eigenvalue weighted by atomic mass is 10.3. The molecule has 1 heterocycles. The van der Waals surface area contributed by atoms with Gasteiger partial charge in [0.2, 0.25) is 16.0 Å². The van der Waals surface area contributed by atoms with Crippen molar-refractivity contribution in [2.45, 2.75) is 20.3 Å². The lowest BCUT2D eigenvalue weighted by Crippen LogP contribution is -2.19. The van der Waals surface area contributed by atoms with Crippen LogP contribution in [-0.4, -0.2) is 30.7 Å². The van der Waals surface area contributed by atoms with Crippen LogP contribution in [0.15, 0.2) is 6.07 Å². The van der Waals surface area contributed by atoms with E-state index < -0.39 is 10.0 Å². The number of nitrogens with two attached hydrogens (primary N) is 1. The van der Waals surface area contributed by atoms with Gasteiger partial charge >= 0.3 is 0 Å². The maximum absolute atomic E-state index is 10.7. The first kappa shape index (κ1) is 12.9. The zero-order valence-corrected chi connectivity index (χ0v) is 10.2. The summed E-state index contributed by atoms with van der Waals surface area (Å²) < 4.78 is 21.3. The molecule has 3 N–H and O–H groups in total. The minimum atomic E-state index is -3.38. The van der Waals surface area contributed by atoms with E-state index in [1.54, 1.807) is 0 Å². The van der Waals surface area contributed by atoms with Crippen LogP contribution in [0.5, 0.6) is 0 Å². The fourth-order valence-corrected chi connectivity index (χ4v) is 1.83. The van der Waals surface area contributed by atoms with Crippen LogP contribution in [0, 0.1) is 13.8 Å². The van der Waals surface area contributed by atoms with Crippen molar-refractivity contribution in [3.05, 3.63) is 17.5 Å². The molecular formula is C9H16N4O2S. The second-order valence-corrected chi connectivity index (χ2v) is 5.36. The minimum absolute atomic E-state index is 0.0369. The molecule has 1 rings (SSSR count). The minimum Gasteiger partial charge on any atom is -0.354 e. The molecular weight excluding hydrogens is 228 g/mol. The van der Waals surface area contributed by atoms with E-state index >= 15 is 0 Å². The Kier molecular flexibility index (Phi) is 4.19. The third-order valence-electron chi connectivity index (χ3n) is 1.87. The van der Waals surface area contributed by atoms with Crippen LogP contribution < -0.4 is 10.5 Å². The molecule has 0 aliphatic heterocycles. The molecule has 0 amide bonds. The van der Waals surface area contributed by atoms with E-state index in [1.165, 1.54) is 0 Å². The highest BCUT2D eigenvalue weighted by molar-refractivity contribution is 7.89. The third-order valence-corrected chi connectivity index (χ3v) is 2.73. The number of nitrogens with zero attached hydrogens (tertiary/aromatic N) is 2. The summed E-state index contributed by atoms with van der Waals surface area (Å²) in [4.78, 5) is 8.33. The van der Waals surface area contributed by atoms with Crippen molar-refractivity contribution in [2.24, 2.45) is 5.14 Å². The monoisotopic (exact) mass is 244 g/mol. The van der Waals surface area contributed by atoms with Crippen molar-refractivity contribution >= 4 is 16.0 Å². The second-order valence-electron chi connectivity index (χ2n) is 3.62. The average Bonchev–Trinajstić information content (AvgIpc) is 2.09. The summed E-state index contributed by atoms with van der Waals surface area (Å²) in [5.74, 6) is 0.483. The summed E-state index contributed by atoms with van der Waals surface area (Å²) in [6, 6.07) is 1.87. The van der Waals surface area contributed by atoms with E-state index in [1.807, 2.05) is 19.9 Å². The van der Waals surface area contributed by atoms with E-state index in [4.69, 9.17) is 5.14 Å². The molecule has 0 atom stereocenters. The molecule has 90 valence electrons. The third kappa shape index (κ3) is 5.04. The van der Waals surface area contributed by atoms with Crippen LogP contribution in [0.2, 0.25) is 0 Å². The van der Waals surface area contributed by atoms with Gasteiger partial charge in [0.15, 0.2) is 0 Å². The molecule has 0 aliphatic carbocycles. The van der Waals surface area contributed by atoms with Gasteiger partial charge in [-0.3, -0.25) is 0 Å². The van der Waals surface area contributed by atoms with E-state index in [2.05, 4.69) is 15.3 Å². The van der Waals surface area contributed by atoms with Gasteiger partial charge in [0.25, 0.3) is 0 Å². The Labute approximate surface area is 95.3 Å². The smallest absolute Gasteiger partial charge is 0.223 e. The van der Waals surface area contributed by atoms with Crippen LogP contribution in [-0.2, 0) is 10.0 Å². The number of sulfonamides is 1. The highest BCUT2D eigenvalue weighted by atomic mass is 32.2. The summed E-state index contributed by atoms with van der Waals surface area (Å²) in [6.07, 6.45) is 0.440. The Balaban J connectivity index is 2.43. The first-order chi connectivity index (χ1) is 7.37. The van der Waals surface area contributed by atoms with Crippen molar-refractivity contribution < 1.29 is 8.42 Å². The van der Waals surface area contributed by atoms with Gasteiger partial charge < -0.3 is 5.32 Å². The van der Waals surface area contributed by atoms with Gasteiger partial charge in [-0.1, -0.05) is 0 Å². The summed E-state index contributed by atoms with van der Waals surface area (Å²) in [5.41, 5.74) is 1.75. The Morgan fingerprint density at radius 1 is 1.31 bits per heavy atom. The summed E-state index contributed by atoms with van der Waals surface area (Å²) in [6.45, 7) is 4.24. The van der Waals surface area contributed by atoms with Crippen molar-refractivity contribution in [1.29, 1.82) is 0 Å². The molecule has 0 fully saturated rings. The molecule has 0 bridgehead atoms. The first-order valence-electron chi connectivity index (χ1n) is 4.93. The molecule has 16 heavy (non-hydrogen) atoms. The van der Waals surface area contributed by atoms with Gasteiger partial charge in [0.1, 0.15) is 0 Å². The van der Waals surface area contributed by atoms with Gasteiger partial charge in [-0.25, -0.2) is 23.5 Å². The zero-order valence-electron chi connectivity index (χ0n) is 9.40. The molecule has 0 saturated carbocycles. The Hall–Kier alpha value is -1.21. The summed E-state index contributed by atoms with van der Waals surface area (Å²) in [7, 11) is -3.38. The largest absolute Gasteiger partial charge is 0.354 e. The lowest BCUT2D eigenvalue weighted by molar-refractivity contribution is 0.595. The standard InChI is InChI=1S/C9H16N4O2S/c1-7-6-8(2)13-9(12-7)11-4-3-5-16(10,14)15/h6H,3-5H2,1-2H3,(H2,10,14,15)(H,11,12,13). The molecule has 0 unspecified atom stereocenters. The van der Waals surface area contributed by atoms with Crippen LogP contribution in [0.4, 0.5) is 5.95 Å². The number of rotatable bonds is 5. The van der Waals surface area contributed by atoms with Crippen molar-refractivity contribution in [3.63, 3.8) is 0 Å². The number of nitrogens with one attached hydrogen (secondary N) is 1. The molecule has 1 aromatic heterocycles. The Morgan fingerprint density at radius 3 is 2.38 bits per heavy atom. The molecule has 0 aliphatic rings. The normalized spacial score (nSPS) is 11.4. The molecule has 6 nitrogen and oxygen atoms in total. The van der Waals surface area contributed by atoms with Gasteiger partial charge in [0.05, 0.1) is 5.75 Å². The van der Waals surface area contributed by atoms with E-state index in [0.717, 1.165) is 11.4 Å². The lowest BCUT2D eigenvalue weighted by Gasteiger charge is -2.05. The average molecular weight is 244 g/mol. The predicted molar refractivity (Wildman–Crippen MR) is 62.6 cm³/mol. The molecule has 1 aromatic rings. The van der Waals surface area contributed by atoms with Gasteiger partial charge in [0, 0.05) is 17.9 Å². The van der Waals surface area contributed by atoms with Crippen LogP contribution in [0.3, 0.4) is 0 Å². The number of hydrogen-bond donors (Lipinski definition) is 2. The number of hydrogen-bond acceptors (Lipinski definition) is 5. The highest BCUT2D eigenvalue weighted by Gasteiger charge is 2.02. The van der Waals surface area contributed by atoms with E-state index in [9.17, 15) is 8.42 Å². The van der Waals surface area contributed by atoms with E-state index in [-0.39, 0.29) is 5.75 Å². The van der Waals surface area contributed by atoms with Gasteiger partial charge in [-0.05, 0) is 26.3 Å². The summed E-state index contributed by atoms with van der Waals surface area (Å²) in [5, 5.41) is 7.83. The number of aromatic nitrogens is 2. The van der Waals surface area contributed by atoms with Crippen molar-refractivity contribution in [2.75, 3.05) is 17.6 Å². The molecule has 0 spiro atoms. The first-order valence-corrected chi connectivity index (χ1v) is 6.65. The Morgan fingerprint density at radius 2 is 1.88 bits per heavy atom. The van der Waals surface area contributed by atoms with E-state index in [0.29, 0.717) is 18.9 Å². The van der Waals surface area contributed by atoms with Gasteiger partial charge in [-0.2, -0.15) is 0 Å². The SMILES string of the molecule is Cc1cc(C)nc(NCCCS(N)(=O)=O)n1. The molecule has 7 heteroatoms. The number of aryl methyl sites for hydroxylation is 2.